The number of rotatable bonds is 6. The third-order valence-corrected chi connectivity index (χ3v) is 4.19. The highest BCUT2D eigenvalue weighted by Crippen LogP contribution is 2.24. The number of carbonyl (C=O) groups excluding carboxylic acids is 1. The number of nitrogens with one attached hydrogen (secondary N) is 1. The Bertz CT molecular complexity index is 959. The molecule has 0 unspecified atom stereocenters. The van der Waals surface area contributed by atoms with Crippen LogP contribution in [0.1, 0.15) is 27.3 Å². The average molecular weight is 424 g/mol. The first kappa shape index (κ1) is 18.8. The predicted octanol–water partition coefficient (Wildman–Crippen LogP) is 4.50. The van der Waals surface area contributed by atoms with Crippen LogP contribution in [0, 0.1) is 6.92 Å². The molecule has 0 aliphatic rings. The van der Waals surface area contributed by atoms with Gasteiger partial charge in [0.05, 0.1) is 17.5 Å². The monoisotopic (exact) mass is 423 g/mol. The molecular formula is C21H18BrN3O2. The molecule has 0 saturated heterocycles. The molecule has 3 aromatic rings. The Morgan fingerprint density at radius 2 is 1.96 bits per heavy atom. The van der Waals surface area contributed by atoms with Crippen molar-refractivity contribution < 1.29 is 9.53 Å². The van der Waals surface area contributed by atoms with E-state index in [9.17, 15) is 4.79 Å². The molecule has 5 nitrogen and oxygen atoms in total. The van der Waals surface area contributed by atoms with E-state index in [1.807, 2.05) is 61.5 Å². The minimum atomic E-state index is -0.358. The number of pyridine rings is 1. The summed E-state index contributed by atoms with van der Waals surface area (Å²) in [4.78, 5) is 16.8. The minimum Gasteiger partial charge on any atom is -0.488 e. The lowest BCUT2D eigenvalue weighted by atomic mass is 10.2. The molecule has 6 heteroatoms. The van der Waals surface area contributed by atoms with Crippen molar-refractivity contribution in [2.24, 2.45) is 5.10 Å². The number of halogens is 1. The Hall–Kier alpha value is -2.99. The summed E-state index contributed by atoms with van der Waals surface area (Å²) in [6.45, 7) is 2.27. The average Bonchev–Trinajstić information content (AvgIpc) is 2.68. The van der Waals surface area contributed by atoms with E-state index in [2.05, 4.69) is 31.4 Å². The first-order chi connectivity index (χ1) is 13.1. The van der Waals surface area contributed by atoms with E-state index in [4.69, 9.17) is 4.74 Å². The fraction of sp³-hybridized carbons (Fsp3) is 0.0952. The van der Waals surface area contributed by atoms with Crippen molar-refractivity contribution in [3.05, 3.63) is 93.7 Å². The number of hydrogen-bond donors (Lipinski definition) is 1. The Morgan fingerprint density at radius 1 is 1.15 bits per heavy atom. The van der Waals surface area contributed by atoms with Crippen molar-refractivity contribution in [2.75, 3.05) is 0 Å². The number of hydrogen-bond acceptors (Lipinski definition) is 4. The van der Waals surface area contributed by atoms with Gasteiger partial charge >= 0.3 is 0 Å². The van der Waals surface area contributed by atoms with Gasteiger partial charge in [-0.25, -0.2) is 5.43 Å². The SMILES string of the molecule is Cc1cccc(/C=N/NC(=O)c2cc(Br)ccc2OCc2ccccc2)n1. The number of aromatic nitrogens is 1. The molecule has 0 aliphatic heterocycles. The van der Waals surface area contributed by atoms with Gasteiger partial charge in [0.15, 0.2) is 0 Å². The van der Waals surface area contributed by atoms with Crippen molar-refractivity contribution in [1.82, 2.24) is 10.4 Å². The Morgan fingerprint density at radius 3 is 2.74 bits per heavy atom. The van der Waals surface area contributed by atoms with Gasteiger partial charge in [0.1, 0.15) is 12.4 Å². The maximum atomic E-state index is 12.5. The second kappa shape index (κ2) is 9.09. The Kier molecular flexibility index (Phi) is 6.33. The molecule has 0 fully saturated rings. The summed E-state index contributed by atoms with van der Waals surface area (Å²) in [5.41, 5.74) is 5.50. The molecule has 1 amide bonds. The lowest BCUT2D eigenvalue weighted by Crippen LogP contribution is -2.19. The van der Waals surface area contributed by atoms with Gasteiger partial charge in [0.25, 0.3) is 5.91 Å². The van der Waals surface area contributed by atoms with E-state index in [0.717, 1.165) is 15.7 Å². The van der Waals surface area contributed by atoms with Crippen molar-refractivity contribution in [3.63, 3.8) is 0 Å². The summed E-state index contributed by atoms with van der Waals surface area (Å²) in [6.07, 6.45) is 1.51. The molecule has 3 rings (SSSR count). The molecule has 0 bridgehead atoms. The summed E-state index contributed by atoms with van der Waals surface area (Å²) >= 11 is 3.39. The van der Waals surface area contributed by atoms with E-state index in [1.54, 1.807) is 12.1 Å². The van der Waals surface area contributed by atoms with E-state index in [-0.39, 0.29) is 5.91 Å². The van der Waals surface area contributed by atoms with Gasteiger partial charge in [-0.1, -0.05) is 52.3 Å². The number of hydrazone groups is 1. The van der Waals surface area contributed by atoms with Crippen LogP contribution in [0.3, 0.4) is 0 Å². The first-order valence-corrected chi connectivity index (χ1v) is 9.14. The van der Waals surface area contributed by atoms with Crippen LogP contribution >= 0.6 is 15.9 Å². The van der Waals surface area contributed by atoms with E-state index >= 15 is 0 Å². The smallest absolute Gasteiger partial charge is 0.275 e. The third kappa shape index (κ3) is 5.49. The molecule has 0 radical (unpaired) electrons. The highest BCUT2D eigenvalue weighted by Gasteiger charge is 2.13. The normalized spacial score (nSPS) is 10.7. The summed E-state index contributed by atoms with van der Waals surface area (Å²) < 4.78 is 6.62. The van der Waals surface area contributed by atoms with E-state index in [0.29, 0.717) is 23.6 Å². The van der Waals surface area contributed by atoms with Crippen LogP contribution in [0.15, 0.2) is 76.3 Å². The summed E-state index contributed by atoms with van der Waals surface area (Å²) in [5, 5.41) is 3.99. The van der Waals surface area contributed by atoms with Gasteiger partial charge in [-0.3, -0.25) is 9.78 Å². The molecule has 1 aromatic heterocycles. The molecule has 136 valence electrons. The van der Waals surface area contributed by atoms with Gasteiger partial charge in [-0.05, 0) is 42.8 Å². The van der Waals surface area contributed by atoms with Crippen LogP contribution in [-0.2, 0) is 6.61 Å². The zero-order chi connectivity index (χ0) is 19.1. The molecular weight excluding hydrogens is 406 g/mol. The quantitative estimate of drug-likeness (QED) is 0.468. The number of amides is 1. The lowest BCUT2D eigenvalue weighted by Gasteiger charge is -2.11. The van der Waals surface area contributed by atoms with Crippen molar-refractivity contribution >= 4 is 28.1 Å². The van der Waals surface area contributed by atoms with E-state index < -0.39 is 0 Å². The molecule has 1 heterocycles. The Labute approximate surface area is 166 Å². The van der Waals surface area contributed by atoms with Gasteiger partial charge in [0, 0.05) is 10.2 Å². The molecule has 0 saturated carbocycles. The number of carbonyl (C=O) groups is 1. The first-order valence-electron chi connectivity index (χ1n) is 8.35. The van der Waals surface area contributed by atoms with Gasteiger partial charge in [-0.15, -0.1) is 0 Å². The molecule has 2 aromatic carbocycles. The second-order valence-electron chi connectivity index (χ2n) is 5.82. The van der Waals surface area contributed by atoms with Crippen molar-refractivity contribution in [1.29, 1.82) is 0 Å². The lowest BCUT2D eigenvalue weighted by molar-refractivity contribution is 0.0950. The molecule has 0 spiro atoms. The van der Waals surface area contributed by atoms with Gasteiger partial charge in [-0.2, -0.15) is 5.10 Å². The molecule has 0 atom stereocenters. The second-order valence-corrected chi connectivity index (χ2v) is 6.73. The van der Waals surface area contributed by atoms with Crippen molar-refractivity contribution in [3.8, 4) is 5.75 Å². The summed E-state index contributed by atoms with van der Waals surface area (Å²) in [5.74, 6) is 0.131. The molecule has 0 aliphatic carbocycles. The van der Waals surface area contributed by atoms with Crippen LogP contribution in [-0.4, -0.2) is 17.1 Å². The summed E-state index contributed by atoms with van der Waals surface area (Å²) in [6, 6.07) is 20.7. The largest absolute Gasteiger partial charge is 0.488 e. The number of ether oxygens (including phenoxy) is 1. The van der Waals surface area contributed by atoms with Crippen molar-refractivity contribution in [2.45, 2.75) is 13.5 Å². The van der Waals surface area contributed by atoms with Crippen LogP contribution in [0.5, 0.6) is 5.75 Å². The minimum absolute atomic E-state index is 0.358. The van der Waals surface area contributed by atoms with Gasteiger partial charge in [0.2, 0.25) is 0 Å². The maximum absolute atomic E-state index is 12.5. The standard InChI is InChI=1S/C21H18BrN3O2/c1-15-6-5-9-18(24-15)13-23-25-21(26)19-12-17(22)10-11-20(19)27-14-16-7-3-2-4-8-16/h2-13H,14H2,1H3,(H,25,26)/b23-13+. The highest BCUT2D eigenvalue weighted by atomic mass is 79.9. The predicted molar refractivity (Wildman–Crippen MR) is 109 cm³/mol. The molecule has 1 N–H and O–H groups in total. The maximum Gasteiger partial charge on any atom is 0.275 e. The Balaban J connectivity index is 1.70. The summed E-state index contributed by atoms with van der Waals surface area (Å²) in [7, 11) is 0. The number of benzene rings is 2. The zero-order valence-corrected chi connectivity index (χ0v) is 16.3. The van der Waals surface area contributed by atoms with E-state index in [1.165, 1.54) is 6.21 Å². The van der Waals surface area contributed by atoms with Crippen LogP contribution < -0.4 is 10.2 Å². The fourth-order valence-electron chi connectivity index (χ4n) is 2.39. The zero-order valence-electron chi connectivity index (χ0n) is 14.7. The topological polar surface area (TPSA) is 63.6 Å². The van der Waals surface area contributed by atoms with Crippen LogP contribution in [0.25, 0.3) is 0 Å². The van der Waals surface area contributed by atoms with Gasteiger partial charge < -0.3 is 4.74 Å². The fourth-order valence-corrected chi connectivity index (χ4v) is 2.76. The number of nitrogens with zero attached hydrogens (tertiary/aromatic N) is 2. The van der Waals surface area contributed by atoms with Crippen LogP contribution in [0.2, 0.25) is 0 Å². The third-order valence-electron chi connectivity index (χ3n) is 3.70. The number of aryl methyl sites for hydroxylation is 1. The molecule has 27 heavy (non-hydrogen) atoms. The highest BCUT2D eigenvalue weighted by molar-refractivity contribution is 9.10. The van der Waals surface area contributed by atoms with Crippen LogP contribution in [0.4, 0.5) is 0 Å².